The summed E-state index contributed by atoms with van der Waals surface area (Å²) in [6, 6.07) is 9.70. The fourth-order valence-electron chi connectivity index (χ4n) is 2.50. The van der Waals surface area contributed by atoms with Crippen LogP contribution in [0.2, 0.25) is 0 Å². The molecular formula is C18H19N5O2S2. The third kappa shape index (κ3) is 4.81. The van der Waals surface area contributed by atoms with Gasteiger partial charge in [-0.2, -0.15) is 4.68 Å². The van der Waals surface area contributed by atoms with Crippen LogP contribution in [0.25, 0.3) is 5.69 Å². The predicted molar refractivity (Wildman–Crippen MR) is 106 cm³/mol. The molecule has 0 saturated carbocycles. The number of ketones is 1. The van der Waals surface area contributed by atoms with Crippen molar-refractivity contribution in [3.63, 3.8) is 0 Å². The first-order valence-electron chi connectivity index (χ1n) is 8.29. The number of aromatic nitrogens is 4. The Morgan fingerprint density at radius 2 is 2.04 bits per heavy atom. The van der Waals surface area contributed by atoms with Gasteiger partial charge in [-0.15, -0.1) is 16.4 Å². The summed E-state index contributed by atoms with van der Waals surface area (Å²) in [6.07, 6.45) is 0. The molecule has 0 spiro atoms. The van der Waals surface area contributed by atoms with Gasteiger partial charge in [0.2, 0.25) is 11.1 Å². The van der Waals surface area contributed by atoms with Crippen LogP contribution < -0.4 is 5.32 Å². The molecule has 3 rings (SSSR count). The highest BCUT2D eigenvalue weighted by atomic mass is 32.2. The first kappa shape index (κ1) is 19.2. The van der Waals surface area contributed by atoms with Crippen molar-refractivity contribution in [3.8, 4) is 5.69 Å². The quantitative estimate of drug-likeness (QED) is 0.484. The van der Waals surface area contributed by atoms with Crippen molar-refractivity contribution in [1.29, 1.82) is 0 Å². The fourth-order valence-corrected chi connectivity index (χ4v) is 4.24. The molecule has 0 aliphatic carbocycles. The highest BCUT2D eigenvalue weighted by Gasteiger charge is 2.15. The monoisotopic (exact) mass is 401 g/mol. The molecule has 1 aromatic carbocycles. The van der Waals surface area contributed by atoms with Gasteiger partial charge in [0, 0.05) is 11.8 Å². The number of nitrogens with zero attached hydrogens (tertiary/aromatic N) is 4. The normalized spacial score (nSPS) is 10.8. The number of thiophene rings is 1. The number of Topliss-reactive ketones (excluding diaryl/α,β-unsaturated/α-hetero) is 1. The minimum Gasteiger partial charge on any atom is -0.351 e. The van der Waals surface area contributed by atoms with Crippen molar-refractivity contribution in [2.75, 3.05) is 5.75 Å². The Morgan fingerprint density at radius 1 is 1.22 bits per heavy atom. The summed E-state index contributed by atoms with van der Waals surface area (Å²) < 4.78 is 1.66. The summed E-state index contributed by atoms with van der Waals surface area (Å²) in [6.45, 7) is 5.94. The summed E-state index contributed by atoms with van der Waals surface area (Å²) >= 11 is 2.69. The van der Waals surface area contributed by atoms with E-state index < -0.39 is 0 Å². The van der Waals surface area contributed by atoms with Gasteiger partial charge >= 0.3 is 0 Å². The minimum absolute atomic E-state index is 0.00857. The van der Waals surface area contributed by atoms with Gasteiger partial charge in [0.1, 0.15) is 0 Å². The topological polar surface area (TPSA) is 89.8 Å². The summed E-state index contributed by atoms with van der Waals surface area (Å²) in [5, 5.41) is 15.2. The second-order valence-corrected chi connectivity index (χ2v) is 8.16. The molecule has 0 fully saturated rings. The molecule has 1 amide bonds. The molecule has 27 heavy (non-hydrogen) atoms. The third-order valence-electron chi connectivity index (χ3n) is 3.80. The van der Waals surface area contributed by atoms with Crippen molar-refractivity contribution < 1.29 is 9.59 Å². The highest BCUT2D eigenvalue weighted by molar-refractivity contribution is 7.99. The Balaban J connectivity index is 1.66. The van der Waals surface area contributed by atoms with Crippen molar-refractivity contribution >= 4 is 34.8 Å². The van der Waals surface area contributed by atoms with Gasteiger partial charge in [0.25, 0.3) is 0 Å². The molecule has 3 aromatic rings. The number of hydrogen-bond acceptors (Lipinski definition) is 7. The molecule has 2 heterocycles. The lowest BCUT2D eigenvalue weighted by atomic mass is 10.1. The lowest BCUT2D eigenvalue weighted by molar-refractivity contribution is -0.119. The molecule has 0 aliphatic rings. The number of rotatable bonds is 7. The molecule has 0 radical (unpaired) electrons. The average molecular weight is 402 g/mol. The van der Waals surface area contributed by atoms with E-state index in [1.54, 1.807) is 10.7 Å². The van der Waals surface area contributed by atoms with E-state index in [1.807, 2.05) is 32.0 Å². The van der Waals surface area contributed by atoms with Crippen molar-refractivity contribution in [1.82, 2.24) is 25.5 Å². The molecule has 0 aliphatic heterocycles. The molecule has 140 valence electrons. The van der Waals surface area contributed by atoms with E-state index in [0.717, 1.165) is 16.1 Å². The largest absolute Gasteiger partial charge is 0.351 e. The van der Waals surface area contributed by atoms with E-state index in [9.17, 15) is 9.59 Å². The van der Waals surface area contributed by atoms with Crippen LogP contribution in [-0.2, 0) is 11.3 Å². The van der Waals surface area contributed by atoms with Gasteiger partial charge in [0.05, 0.1) is 22.9 Å². The van der Waals surface area contributed by atoms with Crippen LogP contribution in [0.15, 0.2) is 35.5 Å². The van der Waals surface area contributed by atoms with E-state index in [-0.39, 0.29) is 17.4 Å². The summed E-state index contributed by atoms with van der Waals surface area (Å²) in [4.78, 5) is 25.1. The number of tetrazole rings is 1. The van der Waals surface area contributed by atoms with Gasteiger partial charge in [-0.3, -0.25) is 9.59 Å². The standard InChI is InChI=1S/C18H19N5O2S2/c1-11-4-6-15(12(2)8-11)23-18(20-21-22-23)26-10-16(25)17-7-5-14(27-17)9-19-13(3)24/h4-8H,9-10H2,1-3H3,(H,19,24). The maximum Gasteiger partial charge on any atom is 0.217 e. The van der Waals surface area contributed by atoms with E-state index in [2.05, 4.69) is 26.9 Å². The minimum atomic E-state index is -0.0925. The molecule has 0 bridgehead atoms. The van der Waals surface area contributed by atoms with Crippen LogP contribution in [0, 0.1) is 13.8 Å². The van der Waals surface area contributed by atoms with E-state index in [0.29, 0.717) is 16.6 Å². The number of aryl methyl sites for hydroxylation is 2. The third-order valence-corrected chi connectivity index (χ3v) is 5.85. The Hall–Kier alpha value is -2.52. The molecule has 7 nitrogen and oxygen atoms in total. The SMILES string of the molecule is CC(=O)NCc1ccc(C(=O)CSc2nnnn2-c2ccc(C)cc2C)s1. The van der Waals surface area contributed by atoms with Gasteiger partial charge in [-0.25, -0.2) is 0 Å². The zero-order valence-corrected chi connectivity index (χ0v) is 16.9. The molecule has 2 aromatic heterocycles. The first-order valence-corrected chi connectivity index (χ1v) is 10.1. The molecule has 0 atom stereocenters. The summed E-state index contributed by atoms with van der Waals surface area (Å²) in [7, 11) is 0. The highest BCUT2D eigenvalue weighted by Crippen LogP contribution is 2.24. The van der Waals surface area contributed by atoms with Crippen LogP contribution in [0.1, 0.15) is 32.6 Å². The van der Waals surface area contributed by atoms with E-state index in [4.69, 9.17) is 0 Å². The van der Waals surface area contributed by atoms with Crippen LogP contribution in [0.3, 0.4) is 0 Å². The Bertz CT molecular complexity index is 980. The number of nitrogens with one attached hydrogen (secondary N) is 1. The number of amides is 1. The van der Waals surface area contributed by atoms with Crippen molar-refractivity contribution in [2.24, 2.45) is 0 Å². The summed E-state index contributed by atoms with van der Waals surface area (Å²) in [5.74, 6) is 0.157. The lowest BCUT2D eigenvalue weighted by Gasteiger charge is -2.08. The predicted octanol–water partition coefficient (Wildman–Crippen LogP) is 2.95. The Morgan fingerprint density at radius 3 is 2.78 bits per heavy atom. The zero-order chi connectivity index (χ0) is 19.4. The van der Waals surface area contributed by atoms with E-state index >= 15 is 0 Å². The fraction of sp³-hybridized carbons (Fsp3) is 0.278. The number of thioether (sulfide) groups is 1. The molecule has 1 N–H and O–H groups in total. The second-order valence-electron chi connectivity index (χ2n) is 6.05. The van der Waals surface area contributed by atoms with Gasteiger partial charge in [0.15, 0.2) is 5.78 Å². The smallest absolute Gasteiger partial charge is 0.217 e. The maximum absolute atomic E-state index is 12.5. The van der Waals surface area contributed by atoms with Gasteiger partial charge < -0.3 is 5.32 Å². The summed E-state index contributed by atoms with van der Waals surface area (Å²) in [5.41, 5.74) is 3.13. The van der Waals surface area contributed by atoms with Crippen molar-refractivity contribution in [2.45, 2.75) is 32.5 Å². The molecule has 0 saturated heterocycles. The van der Waals surface area contributed by atoms with Gasteiger partial charge in [-0.1, -0.05) is 29.5 Å². The van der Waals surface area contributed by atoms with Crippen LogP contribution in [0.5, 0.6) is 0 Å². The molecule has 0 unspecified atom stereocenters. The maximum atomic E-state index is 12.5. The number of carbonyl (C=O) groups excluding carboxylic acids is 2. The van der Waals surface area contributed by atoms with E-state index in [1.165, 1.54) is 35.6 Å². The first-order chi connectivity index (χ1) is 12.9. The van der Waals surface area contributed by atoms with Crippen molar-refractivity contribution in [3.05, 3.63) is 51.2 Å². The number of hydrogen-bond donors (Lipinski definition) is 1. The number of carbonyl (C=O) groups is 2. The molecule has 9 heteroatoms. The molecular weight excluding hydrogens is 382 g/mol. The lowest BCUT2D eigenvalue weighted by Crippen LogP contribution is -2.18. The van der Waals surface area contributed by atoms with Gasteiger partial charge in [-0.05, 0) is 48.0 Å². The van der Waals surface area contributed by atoms with Crippen LogP contribution in [0.4, 0.5) is 0 Å². The number of benzene rings is 1. The van der Waals surface area contributed by atoms with Crippen LogP contribution in [-0.4, -0.2) is 37.7 Å². The average Bonchev–Trinajstić information content (AvgIpc) is 3.27. The van der Waals surface area contributed by atoms with Crippen LogP contribution >= 0.6 is 23.1 Å². The Kier molecular flexibility index (Phi) is 6.02. The zero-order valence-electron chi connectivity index (χ0n) is 15.2. The second kappa shape index (κ2) is 8.45. The Labute approximate surface area is 165 Å².